The van der Waals surface area contributed by atoms with Crippen molar-refractivity contribution in [1.82, 2.24) is 24.8 Å². The van der Waals surface area contributed by atoms with Crippen molar-refractivity contribution in [3.8, 4) is 0 Å². The molecule has 130 valence electrons. The molecule has 0 radical (unpaired) electrons. The van der Waals surface area contributed by atoms with Crippen molar-refractivity contribution in [3.05, 3.63) is 71.6 Å². The number of hydrogen-bond acceptors (Lipinski definition) is 5. The molecule has 0 bridgehead atoms. The van der Waals surface area contributed by atoms with Crippen LogP contribution in [-0.2, 0) is 0 Å². The molecule has 0 aliphatic carbocycles. The zero-order valence-corrected chi connectivity index (χ0v) is 14.2. The van der Waals surface area contributed by atoms with Gasteiger partial charge in [0.25, 0.3) is 0 Å². The summed E-state index contributed by atoms with van der Waals surface area (Å²) >= 11 is 0. The van der Waals surface area contributed by atoms with Crippen molar-refractivity contribution < 1.29 is 4.39 Å². The van der Waals surface area contributed by atoms with E-state index in [1.807, 2.05) is 31.3 Å². The van der Waals surface area contributed by atoms with Gasteiger partial charge in [0, 0.05) is 30.6 Å². The van der Waals surface area contributed by atoms with Crippen molar-refractivity contribution in [2.45, 2.75) is 6.92 Å². The fraction of sp³-hybridized carbons (Fsp3) is 0.111. The monoisotopic (exact) mass is 349 g/mol. The largest absolute Gasteiger partial charge is 0.322 e. The van der Waals surface area contributed by atoms with Crippen molar-refractivity contribution >= 4 is 22.9 Å². The fourth-order valence-corrected chi connectivity index (χ4v) is 2.70. The predicted molar refractivity (Wildman–Crippen MR) is 97.6 cm³/mol. The topological polar surface area (TPSA) is 83.3 Å². The van der Waals surface area contributed by atoms with Crippen LogP contribution in [0.5, 0.6) is 0 Å². The molecule has 4 aromatic rings. The second-order valence-corrected chi connectivity index (χ2v) is 5.76. The van der Waals surface area contributed by atoms with Gasteiger partial charge in [-0.05, 0) is 43.3 Å². The van der Waals surface area contributed by atoms with Crippen LogP contribution in [0.15, 0.2) is 53.7 Å². The summed E-state index contributed by atoms with van der Waals surface area (Å²) in [5.41, 5.74) is 3.06. The van der Waals surface area contributed by atoms with Gasteiger partial charge in [-0.3, -0.25) is 10.1 Å². The first-order valence-electron chi connectivity index (χ1n) is 8.01. The summed E-state index contributed by atoms with van der Waals surface area (Å²) in [5.74, 6) is 1.39. The number of aromatic amines is 1. The fourth-order valence-electron chi connectivity index (χ4n) is 2.70. The van der Waals surface area contributed by atoms with Gasteiger partial charge < -0.3 is 5.32 Å². The summed E-state index contributed by atoms with van der Waals surface area (Å²) < 4.78 is 15.0. The molecule has 0 unspecified atom stereocenters. The van der Waals surface area contributed by atoms with Gasteiger partial charge in [0.1, 0.15) is 17.0 Å². The molecule has 0 fully saturated rings. The van der Waals surface area contributed by atoms with Gasteiger partial charge in [-0.15, -0.1) is 5.10 Å². The van der Waals surface area contributed by atoms with Crippen LogP contribution in [0.3, 0.4) is 0 Å². The zero-order valence-electron chi connectivity index (χ0n) is 14.2. The van der Waals surface area contributed by atoms with Crippen LogP contribution in [0.2, 0.25) is 0 Å². The van der Waals surface area contributed by atoms with E-state index in [9.17, 15) is 4.39 Å². The van der Waals surface area contributed by atoms with Crippen LogP contribution >= 0.6 is 0 Å². The summed E-state index contributed by atoms with van der Waals surface area (Å²) in [7, 11) is 1.66. The molecular formula is C18H16FN7. The number of benzene rings is 1. The molecule has 3 heterocycles. The number of aromatic nitrogens is 5. The molecule has 3 aromatic heterocycles. The van der Waals surface area contributed by atoms with E-state index in [0.29, 0.717) is 23.2 Å². The third kappa shape index (κ3) is 2.92. The van der Waals surface area contributed by atoms with Gasteiger partial charge in [0.15, 0.2) is 11.6 Å². The van der Waals surface area contributed by atoms with Gasteiger partial charge in [-0.2, -0.15) is 5.10 Å². The molecular weight excluding hydrogens is 333 g/mol. The van der Waals surface area contributed by atoms with Gasteiger partial charge in [-0.1, -0.05) is 0 Å². The number of aryl methyl sites for hydroxylation is 1. The van der Waals surface area contributed by atoms with E-state index in [0.717, 1.165) is 16.8 Å². The Hall–Kier alpha value is -3.55. The Morgan fingerprint density at radius 1 is 1.23 bits per heavy atom. The Balaban J connectivity index is 1.81. The summed E-state index contributed by atoms with van der Waals surface area (Å²) in [6.07, 6.45) is 1.83. The lowest BCUT2D eigenvalue weighted by Gasteiger charge is -2.10. The molecule has 26 heavy (non-hydrogen) atoms. The van der Waals surface area contributed by atoms with Gasteiger partial charge in [-0.25, -0.2) is 13.9 Å². The minimum atomic E-state index is -0.303. The lowest BCUT2D eigenvalue weighted by Crippen LogP contribution is -2.13. The van der Waals surface area contributed by atoms with Crippen LogP contribution in [0.4, 0.5) is 16.0 Å². The van der Waals surface area contributed by atoms with E-state index in [-0.39, 0.29) is 5.82 Å². The van der Waals surface area contributed by atoms with E-state index in [2.05, 4.69) is 30.6 Å². The Morgan fingerprint density at radius 2 is 2.04 bits per heavy atom. The van der Waals surface area contributed by atoms with Crippen LogP contribution in [0.1, 0.15) is 17.1 Å². The number of H-pyrrole nitrogens is 1. The average Bonchev–Trinajstić information content (AvgIpc) is 3.26. The maximum Gasteiger partial charge on any atom is 0.200 e. The lowest BCUT2D eigenvalue weighted by atomic mass is 10.1. The van der Waals surface area contributed by atoms with E-state index in [1.165, 1.54) is 12.1 Å². The summed E-state index contributed by atoms with van der Waals surface area (Å²) in [4.78, 5) is 8.93. The number of rotatable bonds is 4. The Morgan fingerprint density at radius 3 is 2.73 bits per heavy atom. The molecule has 0 atom stereocenters. The lowest BCUT2D eigenvalue weighted by molar-refractivity contribution is 0.628. The Kier molecular flexibility index (Phi) is 3.92. The molecule has 2 N–H and O–H groups in total. The highest BCUT2D eigenvalue weighted by Crippen LogP contribution is 2.20. The number of halogens is 1. The second kappa shape index (κ2) is 6.40. The maximum absolute atomic E-state index is 13.2. The number of aliphatic imine (C=N–C) groups is 1. The highest BCUT2D eigenvalue weighted by atomic mass is 19.1. The number of nitrogens with one attached hydrogen (secondary N) is 2. The van der Waals surface area contributed by atoms with Crippen LogP contribution in [0, 0.1) is 12.7 Å². The van der Waals surface area contributed by atoms with Crippen molar-refractivity contribution in [2.75, 3.05) is 12.4 Å². The Labute approximate surface area is 148 Å². The molecule has 0 saturated heterocycles. The summed E-state index contributed by atoms with van der Waals surface area (Å²) in [6, 6.07) is 11.8. The quantitative estimate of drug-likeness (QED) is 0.555. The summed E-state index contributed by atoms with van der Waals surface area (Å²) in [6.45, 7) is 1.92. The Bertz CT molecular complexity index is 1090. The van der Waals surface area contributed by atoms with Gasteiger partial charge in [0.05, 0.1) is 0 Å². The molecule has 7 nitrogen and oxygen atoms in total. The van der Waals surface area contributed by atoms with Crippen molar-refractivity contribution in [3.63, 3.8) is 0 Å². The molecule has 8 heteroatoms. The minimum Gasteiger partial charge on any atom is -0.322 e. The van der Waals surface area contributed by atoms with Gasteiger partial charge in [0.2, 0.25) is 5.82 Å². The maximum atomic E-state index is 13.2. The number of anilines is 2. The summed E-state index contributed by atoms with van der Waals surface area (Å²) in [5, 5.41) is 14.8. The van der Waals surface area contributed by atoms with E-state index in [4.69, 9.17) is 0 Å². The first-order valence-corrected chi connectivity index (χ1v) is 8.01. The SMILES string of the molecule is CN=C(c1ccc(F)cc1)c1nc(Nc2cc(C)[nH]n2)c2cccn2n1. The molecule has 0 spiro atoms. The molecule has 4 rings (SSSR count). The van der Waals surface area contributed by atoms with Gasteiger partial charge >= 0.3 is 0 Å². The standard InChI is InChI=1S/C18H16FN7/c1-11-10-15(24-23-11)21-17-14-4-3-9-26(14)25-18(22-17)16(20-2)12-5-7-13(19)8-6-12/h3-10H,1-2H3,(H2,21,22,23,24,25). The van der Waals surface area contributed by atoms with Crippen molar-refractivity contribution in [1.29, 1.82) is 0 Å². The van der Waals surface area contributed by atoms with E-state index >= 15 is 0 Å². The molecule has 1 aromatic carbocycles. The average molecular weight is 349 g/mol. The normalized spacial score (nSPS) is 11.9. The van der Waals surface area contributed by atoms with Crippen LogP contribution in [-0.4, -0.2) is 37.6 Å². The van der Waals surface area contributed by atoms with E-state index < -0.39 is 0 Å². The third-order valence-electron chi connectivity index (χ3n) is 3.90. The zero-order chi connectivity index (χ0) is 18.1. The highest BCUT2D eigenvalue weighted by molar-refractivity contribution is 6.10. The van der Waals surface area contributed by atoms with Crippen LogP contribution < -0.4 is 5.32 Å². The van der Waals surface area contributed by atoms with Crippen LogP contribution in [0.25, 0.3) is 5.52 Å². The molecule has 0 aliphatic heterocycles. The van der Waals surface area contributed by atoms with Crippen molar-refractivity contribution in [2.24, 2.45) is 4.99 Å². The molecule has 0 amide bonds. The second-order valence-electron chi connectivity index (χ2n) is 5.76. The van der Waals surface area contributed by atoms with E-state index in [1.54, 1.807) is 23.7 Å². The number of fused-ring (bicyclic) bond motifs is 1. The number of hydrogen-bond donors (Lipinski definition) is 2. The molecule has 0 aliphatic rings. The molecule has 0 saturated carbocycles. The minimum absolute atomic E-state index is 0.303. The third-order valence-corrected chi connectivity index (χ3v) is 3.90. The number of nitrogens with zero attached hydrogens (tertiary/aromatic N) is 5. The first-order chi connectivity index (χ1) is 12.6. The highest BCUT2D eigenvalue weighted by Gasteiger charge is 2.15. The first kappa shape index (κ1) is 15.9. The predicted octanol–water partition coefficient (Wildman–Crippen LogP) is 3.11. The smallest absolute Gasteiger partial charge is 0.200 e.